The maximum absolute atomic E-state index is 12.6. The lowest BCUT2D eigenvalue weighted by Gasteiger charge is -2.09. The highest BCUT2D eigenvalue weighted by Gasteiger charge is 2.30. The van der Waals surface area contributed by atoms with Crippen LogP contribution < -0.4 is 0 Å². The Morgan fingerprint density at radius 3 is 2.47 bits per heavy atom. The fourth-order valence-electron chi connectivity index (χ4n) is 1.48. The maximum atomic E-state index is 12.6. The Balaban J connectivity index is 2.82. The summed E-state index contributed by atoms with van der Waals surface area (Å²) in [6.45, 7) is 5.14. The second-order valence-electron chi connectivity index (χ2n) is 4.52. The molecule has 0 aromatic heterocycles. The highest BCUT2D eigenvalue weighted by Crippen LogP contribution is 2.30. The molecule has 0 radical (unpaired) electrons. The SMILES string of the molecule is Cc1cc(CC=N[S+]([O-])C(C)C)cc(C(F)(F)F)c1. The van der Waals surface area contributed by atoms with Crippen molar-refractivity contribution in [3.8, 4) is 0 Å². The number of rotatable bonds is 4. The van der Waals surface area contributed by atoms with Gasteiger partial charge in [-0.1, -0.05) is 16.0 Å². The van der Waals surface area contributed by atoms with Crippen molar-refractivity contribution in [2.45, 2.75) is 38.6 Å². The lowest BCUT2D eigenvalue weighted by Crippen LogP contribution is -2.11. The third kappa shape index (κ3) is 5.24. The molecule has 1 atom stereocenters. The highest BCUT2D eigenvalue weighted by atomic mass is 32.2. The van der Waals surface area contributed by atoms with Crippen molar-refractivity contribution in [2.24, 2.45) is 4.40 Å². The molecule has 1 aromatic rings. The van der Waals surface area contributed by atoms with Gasteiger partial charge in [0.1, 0.15) is 5.25 Å². The van der Waals surface area contributed by atoms with Gasteiger partial charge >= 0.3 is 6.18 Å². The largest absolute Gasteiger partial charge is 0.591 e. The zero-order chi connectivity index (χ0) is 14.6. The van der Waals surface area contributed by atoms with Crippen molar-refractivity contribution in [3.05, 3.63) is 34.9 Å². The minimum Gasteiger partial charge on any atom is -0.591 e. The fraction of sp³-hybridized carbons (Fsp3) is 0.462. The Hall–Kier alpha value is -1.01. The Kier molecular flexibility index (Phi) is 5.43. The summed E-state index contributed by atoms with van der Waals surface area (Å²) in [7, 11) is 0. The van der Waals surface area contributed by atoms with Gasteiger partial charge in [0, 0.05) is 6.42 Å². The molecule has 0 saturated heterocycles. The van der Waals surface area contributed by atoms with Crippen LogP contribution in [0.15, 0.2) is 22.6 Å². The minimum absolute atomic E-state index is 0.0977. The zero-order valence-corrected chi connectivity index (χ0v) is 11.8. The molecule has 0 aliphatic carbocycles. The number of hydrogen-bond donors (Lipinski definition) is 0. The number of nitrogens with zero attached hydrogens (tertiary/aromatic N) is 1. The van der Waals surface area contributed by atoms with Crippen LogP contribution in [0.25, 0.3) is 0 Å². The molecule has 1 unspecified atom stereocenters. The van der Waals surface area contributed by atoms with Gasteiger partial charge in [0.15, 0.2) is 0 Å². The normalized spacial score (nSPS) is 14.3. The predicted molar refractivity (Wildman–Crippen MR) is 71.7 cm³/mol. The van der Waals surface area contributed by atoms with Crippen LogP contribution in [0.4, 0.5) is 13.2 Å². The van der Waals surface area contributed by atoms with Crippen molar-refractivity contribution < 1.29 is 17.7 Å². The van der Waals surface area contributed by atoms with E-state index < -0.39 is 23.1 Å². The van der Waals surface area contributed by atoms with Gasteiger partial charge in [0.25, 0.3) is 0 Å². The molecule has 106 valence electrons. The van der Waals surface area contributed by atoms with Crippen molar-refractivity contribution >= 4 is 17.6 Å². The van der Waals surface area contributed by atoms with Gasteiger partial charge in [-0.2, -0.15) is 13.2 Å². The lowest BCUT2D eigenvalue weighted by atomic mass is 10.0. The van der Waals surface area contributed by atoms with E-state index in [4.69, 9.17) is 0 Å². The Morgan fingerprint density at radius 2 is 1.95 bits per heavy atom. The first-order chi connectivity index (χ1) is 8.70. The summed E-state index contributed by atoms with van der Waals surface area (Å²) in [6.07, 6.45) is -2.70. The molecule has 0 heterocycles. The topological polar surface area (TPSA) is 35.4 Å². The molecule has 2 nitrogen and oxygen atoms in total. The highest BCUT2D eigenvalue weighted by molar-refractivity contribution is 7.90. The van der Waals surface area contributed by atoms with Crippen LogP contribution in [0.5, 0.6) is 0 Å². The molecule has 0 bridgehead atoms. The standard InChI is InChI=1S/C13H16F3NOS/c1-9(2)19(18)17-5-4-11-6-10(3)7-12(8-11)13(14,15)16/h5-9H,4H2,1-3H3. The second-order valence-corrected chi connectivity index (χ2v) is 6.23. The third-order valence-corrected chi connectivity index (χ3v) is 3.54. The number of halogens is 3. The predicted octanol–water partition coefficient (Wildman–Crippen LogP) is 3.70. The molecule has 0 spiro atoms. The molecule has 0 saturated carbocycles. The molecule has 1 rings (SSSR count). The van der Waals surface area contributed by atoms with E-state index in [2.05, 4.69) is 4.40 Å². The van der Waals surface area contributed by atoms with E-state index in [9.17, 15) is 17.7 Å². The summed E-state index contributed by atoms with van der Waals surface area (Å²) in [6, 6.07) is 3.86. The summed E-state index contributed by atoms with van der Waals surface area (Å²) in [5.74, 6) is 0. The number of aryl methyl sites for hydroxylation is 1. The van der Waals surface area contributed by atoms with Crippen molar-refractivity contribution in [2.75, 3.05) is 0 Å². The lowest BCUT2D eigenvalue weighted by molar-refractivity contribution is -0.137. The number of hydrogen-bond acceptors (Lipinski definition) is 2. The first-order valence-corrected chi connectivity index (χ1v) is 6.98. The fourth-order valence-corrected chi connectivity index (χ4v) is 1.95. The van der Waals surface area contributed by atoms with Crippen LogP contribution >= 0.6 is 0 Å². The van der Waals surface area contributed by atoms with Gasteiger partial charge in [0.05, 0.1) is 23.1 Å². The van der Waals surface area contributed by atoms with Crippen LogP contribution in [0.1, 0.15) is 30.5 Å². The quantitative estimate of drug-likeness (QED) is 0.615. The molecular formula is C13H16F3NOS. The summed E-state index contributed by atoms with van der Waals surface area (Å²) in [5.41, 5.74) is 0.390. The van der Waals surface area contributed by atoms with E-state index in [0.29, 0.717) is 11.1 Å². The summed E-state index contributed by atoms with van der Waals surface area (Å²) < 4.78 is 53.0. The molecule has 0 aliphatic rings. The Bertz CT molecular complexity index is 458. The molecule has 0 amide bonds. The monoisotopic (exact) mass is 291 g/mol. The third-order valence-electron chi connectivity index (χ3n) is 2.37. The smallest absolute Gasteiger partial charge is 0.416 e. The Morgan fingerprint density at radius 1 is 1.32 bits per heavy atom. The average Bonchev–Trinajstić information content (AvgIpc) is 2.26. The van der Waals surface area contributed by atoms with Crippen LogP contribution in [-0.4, -0.2) is 16.0 Å². The summed E-state index contributed by atoms with van der Waals surface area (Å²) in [4.78, 5) is 0. The molecule has 0 fully saturated rings. The van der Waals surface area contributed by atoms with E-state index >= 15 is 0 Å². The molecule has 0 aliphatic heterocycles. The average molecular weight is 291 g/mol. The first kappa shape index (κ1) is 16.0. The number of benzene rings is 1. The first-order valence-electron chi connectivity index (χ1n) is 5.81. The maximum Gasteiger partial charge on any atom is 0.416 e. The van der Waals surface area contributed by atoms with Gasteiger partial charge in [0.2, 0.25) is 0 Å². The van der Waals surface area contributed by atoms with Gasteiger partial charge in [-0.05, 0) is 38.5 Å². The number of alkyl halides is 3. The minimum atomic E-state index is -4.35. The van der Waals surface area contributed by atoms with Crippen LogP contribution in [0.2, 0.25) is 0 Å². The van der Waals surface area contributed by atoms with E-state index in [1.54, 1.807) is 26.8 Å². The van der Waals surface area contributed by atoms with E-state index in [0.717, 1.165) is 12.1 Å². The van der Waals surface area contributed by atoms with Crippen LogP contribution in [0.3, 0.4) is 0 Å². The van der Waals surface area contributed by atoms with Crippen molar-refractivity contribution in [1.29, 1.82) is 0 Å². The van der Waals surface area contributed by atoms with Gasteiger partial charge in [-0.25, -0.2) is 0 Å². The molecular weight excluding hydrogens is 275 g/mol. The van der Waals surface area contributed by atoms with E-state index in [1.807, 2.05) is 0 Å². The van der Waals surface area contributed by atoms with Gasteiger partial charge in [-0.15, -0.1) is 0 Å². The van der Waals surface area contributed by atoms with Gasteiger partial charge in [-0.3, -0.25) is 0 Å². The zero-order valence-electron chi connectivity index (χ0n) is 11.0. The van der Waals surface area contributed by atoms with E-state index in [1.165, 1.54) is 6.21 Å². The van der Waals surface area contributed by atoms with E-state index in [-0.39, 0.29) is 11.7 Å². The molecule has 0 N–H and O–H groups in total. The second kappa shape index (κ2) is 6.43. The molecule has 6 heteroatoms. The van der Waals surface area contributed by atoms with Crippen molar-refractivity contribution in [3.63, 3.8) is 0 Å². The molecule has 1 aromatic carbocycles. The summed E-state index contributed by atoms with van der Waals surface area (Å²) >= 11 is -1.33. The Labute approximate surface area is 114 Å². The van der Waals surface area contributed by atoms with Crippen molar-refractivity contribution in [1.82, 2.24) is 0 Å². The van der Waals surface area contributed by atoms with Crippen LogP contribution in [0, 0.1) is 6.92 Å². The van der Waals surface area contributed by atoms with Gasteiger partial charge < -0.3 is 4.55 Å². The molecule has 19 heavy (non-hydrogen) atoms. The summed E-state index contributed by atoms with van der Waals surface area (Å²) in [5, 5.41) is -0.0977. The van der Waals surface area contributed by atoms with Crippen LogP contribution in [-0.2, 0) is 24.0 Å².